The lowest BCUT2D eigenvalue weighted by Gasteiger charge is -2.38. The number of ketones is 2. The molecule has 27 heavy (non-hydrogen) atoms. The van der Waals surface area contributed by atoms with Crippen molar-refractivity contribution in [2.24, 2.45) is 10.9 Å². The minimum atomic E-state index is -1.07. The van der Waals surface area contributed by atoms with E-state index in [9.17, 15) is 14.4 Å². The maximum absolute atomic E-state index is 12.8. The van der Waals surface area contributed by atoms with Crippen LogP contribution in [0.3, 0.4) is 0 Å². The highest BCUT2D eigenvalue weighted by Gasteiger charge is 2.45. The third-order valence-electron chi connectivity index (χ3n) is 5.52. The lowest BCUT2D eigenvalue weighted by molar-refractivity contribution is -0.139. The van der Waals surface area contributed by atoms with Crippen LogP contribution in [-0.2, 0) is 14.4 Å². The maximum atomic E-state index is 12.8. The van der Waals surface area contributed by atoms with Crippen molar-refractivity contribution in [1.82, 2.24) is 0 Å². The minimum Gasteiger partial charge on any atom is -0.482 e. The number of aliphatic imine (C=N–C) groups is 1. The number of Topliss-reactive ketones (excluding diaryl/α,β-unsaturated/α-hetero) is 2. The monoisotopic (exact) mass is 367 g/mol. The Morgan fingerprint density at radius 2 is 1.85 bits per heavy atom. The smallest absolute Gasteiger partial charge is 0.341 e. The molecule has 1 heterocycles. The number of carbonyl (C=O) groups is 3. The molecule has 140 valence electrons. The van der Waals surface area contributed by atoms with Crippen molar-refractivity contribution in [2.45, 2.75) is 44.4 Å². The Morgan fingerprint density at radius 1 is 1.07 bits per heavy atom. The molecule has 1 aromatic carbocycles. The van der Waals surface area contributed by atoms with E-state index in [0.29, 0.717) is 29.7 Å². The molecular weight excluding hydrogens is 346 g/mol. The van der Waals surface area contributed by atoms with E-state index < -0.39 is 24.4 Å². The number of para-hydroxylation sites is 1. The van der Waals surface area contributed by atoms with Crippen LogP contribution in [0.1, 0.15) is 50.0 Å². The minimum absolute atomic E-state index is 0.0375. The molecule has 6 nitrogen and oxygen atoms in total. The van der Waals surface area contributed by atoms with Crippen molar-refractivity contribution >= 4 is 23.2 Å². The molecule has 4 rings (SSSR count). The number of carboxylic acids is 1. The van der Waals surface area contributed by atoms with Crippen molar-refractivity contribution < 1.29 is 24.2 Å². The van der Waals surface area contributed by atoms with E-state index >= 15 is 0 Å². The van der Waals surface area contributed by atoms with E-state index in [0.717, 1.165) is 37.1 Å². The number of aliphatic carboxylic acids is 1. The van der Waals surface area contributed by atoms with Gasteiger partial charge in [0.1, 0.15) is 11.5 Å². The topological polar surface area (TPSA) is 93.0 Å². The average molecular weight is 367 g/mol. The van der Waals surface area contributed by atoms with Crippen molar-refractivity contribution in [2.75, 3.05) is 6.61 Å². The number of nitrogens with zero attached hydrogens (tertiary/aromatic N) is 1. The number of fused-ring (bicyclic) bond motifs is 1. The van der Waals surface area contributed by atoms with Gasteiger partial charge in [0, 0.05) is 41.3 Å². The second kappa shape index (κ2) is 7.10. The van der Waals surface area contributed by atoms with Crippen LogP contribution >= 0.6 is 0 Å². The first-order valence-electron chi connectivity index (χ1n) is 9.36. The number of hydrogen-bond donors (Lipinski definition) is 1. The highest BCUT2D eigenvalue weighted by molar-refractivity contribution is 6.12. The molecular formula is C21H21NO5. The Morgan fingerprint density at radius 3 is 2.67 bits per heavy atom. The van der Waals surface area contributed by atoms with Gasteiger partial charge in [0.05, 0.1) is 5.92 Å². The van der Waals surface area contributed by atoms with Crippen LogP contribution in [0.15, 0.2) is 40.5 Å². The van der Waals surface area contributed by atoms with Gasteiger partial charge >= 0.3 is 5.97 Å². The molecule has 2 atom stereocenters. The van der Waals surface area contributed by atoms with Crippen molar-refractivity contribution in [3.8, 4) is 5.75 Å². The van der Waals surface area contributed by atoms with Gasteiger partial charge in [0.25, 0.3) is 0 Å². The summed E-state index contributed by atoms with van der Waals surface area (Å²) in [7, 11) is 0. The lowest BCUT2D eigenvalue weighted by atomic mass is 9.67. The zero-order valence-corrected chi connectivity index (χ0v) is 14.9. The Bertz CT molecular complexity index is 882. The second-order valence-electron chi connectivity index (χ2n) is 7.24. The van der Waals surface area contributed by atoms with Crippen molar-refractivity contribution in [1.29, 1.82) is 0 Å². The number of carboxylic acid groups (broad SMARTS) is 1. The van der Waals surface area contributed by atoms with Crippen LogP contribution < -0.4 is 4.74 Å². The Hall–Kier alpha value is -2.76. The zero-order valence-electron chi connectivity index (χ0n) is 14.9. The van der Waals surface area contributed by atoms with Crippen LogP contribution in [-0.4, -0.2) is 35.0 Å². The fourth-order valence-corrected chi connectivity index (χ4v) is 4.44. The van der Waals surface area contributed by atoms with E-state index in [1.165, 1.54) is 0 Å². The highest BCUT2D eigenvalue weighted by atomic mass is 16.5. The molecule has 0 amide bonds. The molecule has 0 bridgehead atoms. The van der Waals surface area contributed by atoms with E-state index in [2.05, 4.69) is 0 Å². The Labute approximate surface area is 156 Å². The van der Waals surface area contributed by atoms with Gasteiger partial charge in [-0.15, -0.1) is 0 Å². The van der Waals surface area contributed by atoms with E-state index in [-0.39, 0.29) is 11.6 Å². The molecule has 0 radical (unpaired) electrons. The van der Waals surface area contributed by atoms with Crippen LogP contribution in [0.25, 0.3) is 0 Å². The van der Waals surface area contributed by atoms with Crippen LogP contribution in [0.4, 0.5) is 0 Å². The third kappa shape index (κ3) is 3.20. The molecule has 3 aliphatic rings. The molecule has 0 saturated heterocycles. The summed E-state index contributed by atoms with van der Waals surface area (Å²) >= 11 is 0. The first-order chi connectivity index (χ1) is 13.1. The third-order valence-corrected chi connectivity index (χ3v) is 5.52. The van der Waals surface area contributed by atoms with Gasteiger partial charge in [-0.25, -0.2) is 4.79 Å². The van der Waals surface area contributed by atoms with E-state index in [1.54, 1.807) is 12.1 Å². The normalized spacial score (nSPS) is 24.8. The number of benzene rings is 1. The molecule has 6 heteroatoms. The summed E-state index contributed by atoms with van der Waals surface area (Å²) in [5.41, 5.74) is 2.98. The van der Waals surface area contributed by atoms with Crippen molar-refractivity contribution in [3.63, 3.8) is 0 Å². The molecule has 0 spiro atoms. The molecule has 2 unspecified atom stereocenters. The molecule has 0 aromatic heterocycles. The Kier molecular flexibility index (Phi) is 4.64. The van der Waals surface area contributed by atoms with E-state index in [4.69, 9.17) is 14.8 Å². The summed E-state index contributed by atoms with van der Waals surface area (Å²) in [6.45, 7) is -0.469. The maximum Gasteiger partial charge on any atom is 0.341 e. The fourth-order valence-electron chi connectivity index (χ4n) is 4.44. The first-order valence-corrected chi connectivity index (χ1v) is 9.36. The SMILES string of the molecule is O=C(O)COc1ccccc1C1C2=C(CCCC2=O)N=C2CCCC(=O)C21. The van der Waals surface area contributed by atoms with Gasteiger partial charge in [0.2, 0.25) is 0 Å². The van der Waals surface area contributed by atoms with Gasteiger partial charge < -0.3 is 9.84 Å². The molecule has 1 aliphatic heterocycles. The van der Waals surface area contributed by atoms with Gasteiger partial charge in [-0.2, -0.15) is 0 Å². The average Bonchev–Trinajstić information content (AvgIpc) is 2.65. The summed E-state index contributed by atoms with van der Waals surface area (Å²) in [4.78, 5) is 41.3. The van der Waals surface area contributed by atoms with Crippen LogP contribution in [0.5, 0.6) is 5.75 Å². The van der Waals surface area contributed by atoms with Crippen LogP contribution in [0, 0.1) is 5.92 Å². The van der Waals surface area contributed by atoms with Crippen LogP contribution in [0.2, 0.25) is 0 Å². The number of ether oxygens (including phenoxy) is 1. The summed E-state index contributed by atoms with van der Waals surface area (Å²) in [5.74, 6) is -1.40. The largest absolute Gasteiger partial charge is 0.482 e. The van der Waals surface area contributed by atoms with Crippen molar-refractivity contribution in [3.05, 3.63) is 41.1 Å². The zero-order chi connectivity index (χ0) is 19.0. The number of carbonyl (C=O) groups excluding carboxylic acids is 2. The molecule has 1 fully saturated rings. The standard InChI is InChI=1S/C21H21NO5/c23-15-8-3-6-13-20(15)19(21-14(22-13)7-4-9-16(21)24)12-5-1-2-10-17(12)27-11-18(25)26/h1-2,5,10,19-20H,3-4,6-9,11H2,(H,25,26). The fraction of sp³-hybridized carbons (Fsp3) is 0.429. The predicted octanol–water partition coefficient (Wildman–Crippen LogP) is 3.06. The molecule has 2 aliphatic carbocycles. The van der Waals surface area contributed by atoms with Gasteiger partial charge in [-0.05, 0) is 31.7 Å². The van der Waals surface area contributed by atoms with Gasteiger partial charge in [-0.3, -0.25) is 14.6 Å². The van der Waals surface area contributed by atoms with Gasteiger partial charge in [0.15, 0.2) is 12.4 Å². The number of rotatable bonds is 4. The summed E-state index contributed by atoms with van der Waals surface area (Å²) in [6, 6.07) is 7.12. The summed E-state index contributed by atoms with van der Waals surface area (Å²) in [5, 5.41) is 8.97. The second-order valence-corrected chi connectivity index (χ2v) is 7.24. The predicted molar refractivity (Wildman–Crippen MR) is 98.0 cm³/mol. The first kappa shape index (κ1) is 17.6. The molecule has 1 aromatic rings. The summed E-state index contributed by atoms with van der Waals surface area (Å²) < 4.78 is 5.50. The number of hydrogen-bond acceptors (Lipinski definition) is 5. The molecule has 1 N–H and O–H groups in total. The lowest BCUT2D eigenvalue weighted by Crippen LogP contribution is -2.39. The van der Waals surface area contributed by atoms with E-state index in [1.807, 2.05) is 12.1 Å². The van der Waals surface area contributed by atoms with Gasteiger partial charge in [-0.1, -0.05) is 18.2 Å². The Balaban J connectivity index is 1.85. The quantitative estimate of drug-likeness (QED) is 0.883. The highest BCUT2D eigenvalue weighted by Crippen LogP contribution is 2.48. The molecule has 1 saturated carbocycles. The summed E-state index contributed by atoms with van der Waals surface area (Å²) in [6.07, 6.45) is 4.00. The number of allylic oxidation sites excluding steroid dienone is 2.